The number of benzene rings is 2. The zero-order valence-corrected chi connectivity index (χ0v) is 16.6. The van der Waals surface area contributed by atoms with Gasteiger partial charge in [0.25, 0.3) is 0 Å². The zero-order valence-electron chi connectivity index (χ0n) is 15.0. The Morgan fingerprint density at radius 3 is 2.35 bits per heavy atom. The maximum Gasteiger partial charge on any atom is 0.129 e. The van der Waals surface area contributed by atoms with Crippen LogP contribution in [0.15, 0.2) is 59.6 Å². The van der Waals surface area contributed by atoms with Gasteiger partial charge < -0.3 is 9.64 Å². The van der Waals surface area contributed by atoms with Crippen molar-refractivity contribution in [3.63, 3.8) is 0 Å². The van der Waals surface area contributed by atoms with Crippen molar-refractivity contribution < 1.29 is 4.74 Å². The van der Waals surface area contributed by atoms with Crippen molar-refractivity contribution >= 4 is 45.8 Å². The summed E-state index contributed by atoms with van der Waals surface area (Å²) in [6.45, 7) is 3.02. The van der Waals surface area contributed by atoms with Gasteiger partial charge in [0.2, 0.25) is 0 Å². The highest BCUT2D eigenvalue weighted by molar-refractivity contribution is 7.83. The summed E-state index contributed by atoms with van der Waals surface area (Å²) >= 11 is 11.6. The molecule has 26 heavy (non-hydrogen) atoms. The normalized spacial score (nSPS) is 18.6. The van der Waals surface area contributed by atoms with E-state index >= 15 is 0 Å². The number of thiocarbonyl (C=S) groups is 2. The van der Waals surface area contributed by atoms with E-state index in [4.69, 9.17) is 34.2 Å². The highest BCUT2D eigenvalue weighted by atomic mass is 32.1. The highest BCUT2D eigenvalue weighted by Crippen LogP contribution is 2.32. The first-order chi connectivity index (χ1) is 12.7. The lowest BCUT2D eigenvalue weighted by Crippen LogP contribution is -2.29. The summed E-state index contributed by atoms with van der Waals surface area (Å²) in [5.41, 5.74) is 2.84. The molecule has 1 saturated heterocycles. The Bertz CT molecular complexity index is 816. The number of ether oxygens (including phenoxy) is 1. The SMILES string of the molecule is CCCCN1C(=S)C(=Nc2ccc(OC)cc2)C(c2ccccc2)C1=S. The average Bonchev–Trinajstić information content (AvgIpc) is 2.91. The summed E-state index contributed by atoms with van der Waals surface area (Å²) in [7, 11) is 1.66. The third kappa shape index (κ3) is 3.84. The molecule has 1 aliphatic rings. The minimum atomic E-state index is -0.0716. The van der Waals surface area contributed by atoms with Crippen molar-refractivity contribution in [1.82, 2.24) is 4.90 Å². The zero-order chi connectivity index (χ0) is 18.5. The summed E-state index contributed by atoms with van der Waals surface area (Å²) in [6.07, 6.45) is 2.15. The molecule has 0 amide bonds. The molecule has 0 saturated carbocycles. The third-order valence-corrected chi connectivity index (χ3v) is 5.33. The number of rotatable bonds is 6. The number of hydrogen-bond acceptors (Lipinski definition) is 4. The van der Waals surface area contributed by atoms with Crippen molar-refractivity contribution in [1.29, 1.82) is 0 Å². The molecule has 0 N–H and O–H groups in total. The molecule has 0 spiro atoms. The maximum absolute atomic E-state index is 5.80. The lowest BCUT2D eigenvalue weighted by molar-refractivity contribution is 0.415. The van der Waals surface area contributed by atoms with E-state index < -0.39 is 0 Å². The average molecular weight is 383 g/mol. The Labute approximate surface area is 165 Å². The second-order valence-corrected chi connectivity index (χ2v) is 6.99. The molecular formula is C21H22N2OS2. The molecule has 3 rings (SSSR count). The molecular weight excluding hydrogens is 360 g/mol. The first kappa shape index (κ1) is 18.7. The van der Waals surface area contributed by atoms with E-state index in [0.717, 1.165) is 52.1 Å². The Morgan fingerprint density at radius 2 is 1.73 bits per heavy atom. The molecule has 0 aromatic heterocycles. The van der Waals surface area contributed by atoms with E-state index in [1.54, 1.807) is 7.11 Å². The van der Waals surface area contributed by atoms with Crippen LogP contribution in [0.2, 0.25) is 0 Å². The van der Waals surface area contributed by atoms with Gasteiger partial charge in [-0.05, 0) is 36.2 Å². The molecule has 1 aliphatic heterocycles. The molecule has 134 valence electrons. The van der Waals surface area contributed by atoms with Gasteiger partial charge in [-0.3, -0.25) is 0 Å². The number of likely N-dealkylation sites (tertiary alicyclic amines) is 1. The Balaban J connectivity index is 2.01. The second-order valence-electron chi connectivity index (χ2n) is 6.19. The van der Waals surface area contributed by atoms with Crippen molar-refractivity contribution in [3.05, 3.63) is 60.2 Å². The monoisotopic (exact) mass is 382 g/mol. The first-order valence-corrected chi connectivity index (χ1v) is 9.60. The summed E-state index contributed by atoms with van der Waals surface area (Å²) in [6, 6.07) is 17.9. The lowest BCUT2D eigenvalue weighted by atomic mass is 9.96. The van der Waals surface area contributed by atoms with Gasteiger partial charge in [0.1, 0.15) is 10.7 Å². The van der Waals surface area contributed by atoms with Crippen molar-refractivity contribution in [2.45, 2.75) is 25.7 Å². The van der Waals surface area contributed by atoms with Crippen LogP contribution in [0, 0.1) is 0 Å². The summed E-state index contributed by atoms with van der Waals surface area (Å²) in [5.74, 6) is 0.736. The summed E-state index contributed by atoms with van der Waals surface area (Å²) < 4.78 is 5.23. The topological polar surface area (TPSA) is 24.8 Å². The fraction of sp³-hybridized carbons (Fsp3) is 0.286. The van der Waals surface area contributed by atoms with Gasteiger partial charge in [0.15, 0.2) is 0 Å². The predicted octanol–water partition coefficient (Wildman–Crippen LogP) is 5.32. The number of unbranched alkanes of at least 4 members (excludes halogenated alkanes) is 1. The van der Waals surface area contributed by atoms with Crippen LogP contribution in [0.1, 0.15) is 31.2 Å². The Morgan fingerprint density at radius 1 is 1.04 bits per heavy atom. The van der Waals surface area contributed by atoms with Crippen LogP contribution in [-0.4, -0.2) is 34.2 Å². The van der Waals surface area contributed by atoms with Crippen molar-refractivity contribution in [2.75, 3.05) is 13.7 Å². The molecule has 5 heteroatoms. The fourth-order valence-electron chi connectivity index (χ4n) is 3.02. The van der Waals surface area contributed by atoms with Gasteiger partial charge >= 0.3 is 0 Å². The van der Waals surface area contributed by atoms with E-state index in [0.29, 0.717) is 0 Å². The Hall–Kier alpha value is -2.11. The fourth-order valence-corrected chi connectivity index (χ4v) is 3.86. The number of methoxy groups -OCH3 is 1. The minimum Gasteiger partial charge on any atom is -0.497 e. The van der Waals surface area contributed by atoms with E-state index in [1.807, 2.05) is 42.5 Å². The van der Waals surface area contributed by atoms with Crippen LogP contribution in [0.5, 0.6) is 5.75 Å². The van der Waals surface area contributed by atoms with Crippen LogP contribution in [0.25, 0.3) is 0 Å². The minimum absolute atomic E-state index is 0.0716. The van der Waals surface area contributed by atoms with Crippen molar-refractivity contribution in [2.24, 2.45) is 4.99 Å². The standard InChI is InChI=1S/C21H22N2OS2/c1-3-4-14-23-20(25)18(15-8-6-5-7-9-15)19(21(23)26)22-16-10-12-17(24-2)13-11-16/h5-13,18H,3-4,14H2,1-2H3. The van der Waals surface area contributed by atoms with Crippen molar-refractivity contribution in [3.8, 4) is 5.75 Å². The second kappa shape index (κ2) is 8.52. The molecule has 1 unspecified atom stereocenters. The Kier molecular flexibility index (Phi) is 6.12. The molecule has 0 bridgehead atoms. The van der Waals surface area contributed by atoms with Crippen LogP contribution < -0.4 is 4.74 Å². The van der Waals surface area contributed by atoms with Gasteiger partial charge in [-0.25, -0.2) is 4.99 Å². The van der Waals surface area contributed by atoms with E-state index in [1.165, 1.54) is 0 Å². The van der Waals surface area contributed by atoms with Crippen LogP contribution >= 0.6 is 24.4 Å². The smallest absolute Gasteiger partial charge is 0.129 e. The van der Waals surface area contributed by atoms with E-state index in [-0.39, 0.29) is 5.92 Å². The van der Waals surface area contributed by atoms with Gasteiger partial charge in [0.05, 0.1) is 29.4 Å². The summed E-state index contributed by atoms with van der Waals surface area (Å²) in [4.78, 5) is 8.54. The molecule has 0 radical (unpaired) electrons. The molecule has 0 aliphatic carbocycles. The van der Waals surface area contributed by atoms with Crippen LogP contribution in [0.3, 0.4) is 0 Å². The maximum atomic E-state index is 5.80. The summed E-state index contributed by atoms with van der Waals surface area (Å²) in [5, 5.41) is 0. The first-order valence-electron chi connectivity index (χ1n) is 8.79. The predicted molar refractivity (Wildman–Crippen MR) is 116 cm³/mol. The number of aliphatic imine (C=N–C) groups is 1. The molecule has 2 aromatic carbocycles. The molecule has 1 fully saturated rings. The number of nitrogens with zero attached hydrogens (tertiary/aromatic N) is 2. The number of hydrogen-bond donors (Lipinski definition) is 0. The molecule has 3 nitrogen and oxygen atoms in total. The largest absolute Gasteiger partial charge is 0.497 e. The van der Waals surface area contributed by atoms with Gasteiger partial charge in [-0.15, -0.1) is 0 Å². The molecule has 2 aromatic rings. The van der Waals surface area contributed by atoms with E-state index in [9.17, 15) is 0 Å². The molecule has 1 atom stereocenters. The van der Waals surface area contributed by atoms with Gasteiger partial charge in [0, 0.05) is 6.54 Å². The van der Waals surface area contributed by atoms with E-state index in [2.05, 4.69) is 24.0 Å². The third-order valence-electron chi connectivity index (χ3n) is 4.44. The van der Waals surface area contributed by atoms with Crippen LogP contribution in [-0.2, 0) is 0 Å². The highest BCUT2D eigenvalue weighted by Gasteiger charge is 2.39. The van der Waals surface area contributed by atoms with Crippen LogP contribution in [0.4, 0.5) is 5.69 Å². The molecule has 1 heterocycles. The van der Waals surface area contributed by atoms with Gasteiger partial charge in [-0.2, -0.15) is 0 Å². The lowest BCUT2D eigenvalue weighted by Gasteiger charge is -2.18. The quantitative estimate of drug-likeness (QED) is 0.631. The van der Waals surface area contributed by atoms with Gasteiger partial charge in [-0.1, -0.05) is 68.1 Å².